The lowest BCUT2D eigenvalue weighted by molar-refractivity contribution is 0.0891. The molecule has 5 nitrogen and oxygen atoms in total. The third-order valence-electron chi connectivity index (χ3n) is 3.39. The van der Waals surface area contributed by atoms with Crippen LogP contribution in [0.5, 0.6) is 0 Å². The molecule has 1 N–H and O–H groups in total. The predicted molar refractivity (Wildman–Crippen MR) is 97.9 cm³/mol. The van der Waals surface area contributed by atoms with Crippen LogP contribution in [0.1, 0.15) is 51.4 Å². The number of hydrogen-bond acceptors (Lipinski definition) is 3. The summed E-state index contributed by atoms with van der Waals surface area (Å²) in [7, 11) is -0.746. The van der Waals surface area contributed by atoms with Gasteiger partial charge in [0, 0.05) is 19.6 Å². The Balaban J connectivity index is 3.16. The number of halogens is 1. The summed E-state index contributed by atoms with van der Waals surface area (Å²) in [5.41, 5.74) is -0.257. The maximum Gasteiger partial charge on any atom is 0.253 e. The molecule has 1 aromatic rings. The van der Waals surface area contributed by atoms with Gasteiger partial charge in [0.1, 0.15) is 0 Å². The lowest BCUT2D eigenvalue weighted by Gasteiger charge is -2.33. The van der Waals surface area contributed by atoms with E-state index in [-0.39, 0.29) is 26.8 Å². The van der Waals surface area contributed by atoms with Crippen LogP contribution in [-0.4, -0.2) is 38.3 Å². The molecule has 7 heteroatoms. The average Bonchev–Trinajstić information content (AvgIpc) is 2.34. The van der Waals surface area contributed by atoms with Crippen LogP contribution < -0.4 is 5.32 Å². The highest BCUT2D eigenvalue weighted by atomic mass is 35.5. The first-order valence-corrected chi connectivity index (χ1v) is 9.52. The summed E-state index contributed by atoms with van der Waals surface area (Å²) in [6.45, 7) is 10.2. The zero-order chi connectivity index (χ0) is 18.9. The minimum atomic E-state index is -3.63. The van der Waals surface area contributed by atoms with E-state index in [1.165, 1.54) is 32.3 Å². The van der Waals surface area contributed by atoms with Gasteiger partial charge in [0.25, 0.3) is 5.91 Å². The van der Waals surface area contributed by atoms with Crippen molar-refractivity contribution in [1.82, 2.24) is 9.62 Å². The number of carbonyl (C=O) groups excluding carboxylic acids is 1. The minimum absolute atomic E-state index is 0.0377. The number of nitrogens with one attached hydrogen (secondary N) is 1. The number of rotatable bonds is 5. The lowest BCUT2D eigenvalue weighted by atomic mass is 9.81. The molecule has 136 valence electrons. The monoisotopic (exact) mass is 374 g/mol. The van der Waals surface area contributed by atoms with Crippen molar-refractivity contribution in [2.24, 2.45) is 5.41 Å². The summed E-state index contributed by atoms with van der Waals surface area (Å²) in [4.78, 5) is 12.6. The van der Waals surface area contributed by atoms with E-state index < -0.39 is 15.6 Å². The third-order valence-corrected chi connectivity index (χ3v) is 5.53. The highest BCUT2D eigenvalue weighted by Gasteiger charge is 2.28. The van der Waals surface area contributed by atoms with E-state index in [0.29, 0.717) is 0 Å². The highest BCUT2D eigenvalue weighted by molar-refractivity contribution is 7.89. The Hall–Kier alpha value is -1.11. The van der Waals surface area contributed by atoms with Gasteiger partial charge in [-0.25, -0.2) is 12.7 Å². The second kappa shape index (κ2) is 7.02. The van der Waals surface area contributed by atoms with Gasteiger partial charge >= 0.3 is 0 Å². The summed E-state index contributed by atoms with van der Waals surface area (Å²) >= 11 is 6.11. The van der Waals surface area contributed by atoms with Crippen LogP contribution in [0.25, 0.3) is 0 Å². The molecule has 0 atom stereocenters. The number of carbonyl (C=O) groups is 1. The van der Waals surface area contributed by atoms with E-state index >= 15 is 0 Å². The lowest BCUT2D eigenvalue weighted by Crippen LogP contribution is -2.45. The van der Waals surface area contributed by atoms with Crippen molar-refractivity contribution in [3.8, 4) is 0 Å². The summed E-state index contributed by atoms with van der Waals surface area (Å²) in [5, 5.41) is 3.17. The number of benzene rings is 1. The van der Waals surface area contributed by atoms with Gasteiger partial charge in [-0.2, -0.15) is 0 Å². The maximum atomic E-state index is 12.6. The van der Waals surface area contributed by atoms with E-state index in [9.17, 15) is 13.2 Å². The summed E-state index contributed by atoms with van der Waals surface area (Å²) in [6.07, 6.45) is 0.763. The molecule has 0 bridgehead atoms. The molecule has 0 aromatic heterocycles. The molecule has 0 aliphatic heterocycles. The molecule has 0 fully saturated rings. The smallest absolute Gasteiger partial charge is 0.253 e. The normalized spacial score (nSPS) is 13.2. The van der Waals surface area contributed by atoms with E-state index in [1.54, 1.807) is 0 Å². The van der Waals surface area contributed by atoms with Gasteiger partial charge < -0.3 is 5.32 Å². The van der Waals surface area contributed by atoms with Crippen molar-refractivity contribution < 1.29 is 13.2 Å². The van der Waals surface area contributed by atoms with Crippen molar-refractivity contribution in [2.75, 3.05) is 14.1 Å². The number of sulfonamides is 1. The van der Waals surface area contributed by atoms with Gasteiger partial charge in [0.2, 0.25) is 10.0 Å². The molecule has 0 radical (unpaired) electrons. The summed E-state index contributed by atoms with van der Waals surface area (Å²) in [5.74, 6) is -0.384. The molecular weight excluding hydrogens is 348 g/mol. The first-order valence-electron chi connectivity index (χ1n) is 7.70. The summed E-state index contributed by atoms with van der Waals surface area (Å²) < 4.78 is 25.6. The van der Waals surface area contributed by atoms with Crippen LogP contribution in [0.2, 0.25) is 5.02 Å². The zero-order valence-corrected chi connectivity index (χ0v) is 17.0. The Morgan fingerprint density at radius 2 is 1.71 bits per heavy atom. The largest absolute Gasteiger partial charge is 0.347 e. The van der Waals surface area contributed by atoms with Crippen molar-refractivity contribution >= 4 is 27.5 Å². The maximum absolute atomic E-state index is 12.6. The summed E-state index contributed by atoms with van der Waals surface area (Å²) in [6, 6.07) is 4.15. The molecule has 1 rings (SSSR count). The first kappa shape index (κ1) is 20.9. The standard InChI is InChI=1S/C17H27ClN2O3S/c1-16(2,3)11-17(4,5)19-15(21)13-10-12(8-9-14(13)18)24(22,23)20(6)7/h8-10H,11H2,1-7H3,(H,19,21). The van der Waals surface area contributed by atoms with Gasteiger partial charge in [0.15, 0.2) is 0 Å². The second-order valence-electron chi connectivity index (χ2n) is 8.00. The van der Waals surface area contributed by atoms with Gasteiger partial charge in [0.05, 0.1) is 15.5 Å². The molecule has 24 heavy (non-hydrogen) atoms. The predicted octanol–water partition coefficient (Wildman–Crippen LogP) is 3.53. The molecule has 0 spiro atoms. The molecule has 0 heterocycles. The van der Waals surface area contributed by atoms with Gasteiger partial charge in [-0.3, -0.25) is 4.79 Å². The van der Waals surface area contributed by atoms with E-state index in [2.05, 4.69) is 26.1 Å². The van der Waals surface area contributed by atoms with Crippen LogP contribution >= 0.6 is 11.6 Å². The Bertz CT molecular complexity index is 720. The Morgan fingerprint density at radius 1 is 1.17 bits per heavy atom. The molecule has 0 saturated carbocycles. The average molecular weight is 375 g/mol. The number of nitrogens with zero attached hydrogens (tertiary/aromatic N) is 1. The van der Waals surface area contributed by atoms with Crippen LogP contribution in [0.15, 0.2) is 23.1 Å². The van der Waals surface area contributed by atoms with Gasteiger partial charge in [-0.1, -0.05) is 32.4 Å². The van der Waals surface area contributed by atoms with Crippen molar-refractivity contribution in [3.05, 3.63) is 28.8 Å². The zero-order valence-electron chi connectivity index (χ0n) is 15.4. The number of hydrogen-bond donors (Lipinski definition) is 1. The van der Waals surface area contributed by atoms with Crippen molar-refractivity contribution in [3.63, 3.8) is 0 Å². The van der Waals surface area contributed by atoms with Gasteiger partial charge in [-0.15, -0.1) is 0 Å². The fourth-order valence-corrected chi connectivity index (χ4v) is 3.93. The number of amides is 1. The van der Waals surface area contributed by atoms with Crippen LogP contribution in [0, 0.1) is 5.41 Å². The minimum Gasteiger partial charge on any atom is -0.347 e. The van der Waals surface area contributed by atoms with E-state index in [4.69, 9.17) is 11.6 Å². The van der Waals surface area contributed by atoms with Crippen LogP contribution in [-0.2, 0) is 10.0 Å². The highest BCUT2D eigenvalue weighted by Crippen LogP contribution is 2.28. The van der Waals surface area contributed by atoms with Crippen LogP contribution in [0.4, 0.5) is 0 Å². The Labute approximate surface area is 150 Å². The Morgan fingerprint density at radius 3 is 2.17 bits per heavy atom. The fraction of sp³-hybridized carbons (Fsp3) is 0.588. The molecule has 0 saturated heterocycles. The Kier molecular flexibility index (Phi) is 6.12. The molecule has 1 aromatic carbocycles. The van der Waals surface area contributed by atoms with E-state index in [0.717, 1.165) is 10.7 Å². The molecule has 0 aliphatic carbocycles. The SMILES string of the molecule is CN(C)S(=O)(=O)c1ccc(Cl)c(C(=O)NC(C)(C)CC(C)(C)C)c1. The topological polar surface area (TPSA) is 66.5 Å². The van der Waals surface area contributed by atoms with Crippen LogP contribution in [0.3, 0.4) is 0 Å². The molecule has 0 aliphatic rings. The second-order valence-corrected chi connectivity index (χ2v) is 10.6. The molecular formula is C17H27ClN2O3S. The van der Waals surface area contributed by atoms with Crippen molar-refractivity contribution in [1.29, 1.82) is 0 Å². The molecule has 1 amide bonds. The van der Waals surface area contributed by atoms with E-state index in [1.807, 2.05) is 13.8 Å². The molecule has 0 unspecified atom stereocenters. The van der Waals surface area contributed by atoms with Gasteiger partial charge in [-0.05, 0) is 43.9 Å². The fourth-order valence-electron chi connectivity index (χ4n) is 2.79. The first-order chi connectivity index (χ1) is 10.7. The quantitative estimate of drug-likeness (QED) is 0.857. The third kappa shape index (κ3) is 5.46. The van der Waals surface area contributed by atoms with Crippen molar-refractivity contribution in [2.45, 2.75) is 51.5 Å².